The Morgan fingerprint density at radius 2 is 1.91 bits per heavy atom. The monoisotopic (exact) mass is 503 g/mol. The SMILES string of the molecule is N#[N+]c1ccc(C(=O)N[C@@H](CCCCNC(=O)CCCC[C@@H]2SC[C@@H]3NC(=O)N[C@@H]32)C(=O)O)cc1. The van der Waals surface area contributed by atoms with Crippen LogP contribution >= 0.6 is 11.8 Å². The molecule has 12 heteroatoms. The number of carboxylic acid groups (broad SMARTS) is 1. The molecular weight excluding hydrogens is 472 g/mol. The summed E-state index contributed by atoms with van der Waals surface area (Å²) in [4.78, 5) is 50.3. The van der Waals surface area contributed by atoms with E-state index >= 15 is 0 Å². The zero-order chi connectivity index (χ0) is 25.2. The van der Waals surface area contributed by atoms with Crippen molar-refractivity contribution in [2.45, 2.75) is 68.3 Å². The average Bonchev–Trinajstić information content (AvgIpc) is 3.39. The lowest BCUT2D eigenvalue weighted by Crippen LogP contribution is -2.40. The number of rotatable bonds is 13. The number of nitrogens with zero attached hydrogens (tertiary/aromatic N) is 2. The minimum atomic E-state index is -1.12. The van der Waals surface area contributed by atoms with Gasteiger partial charge in [-0.15, -0.1) is 0 Å². The number of benzene rings is 1. The van der Waals surface area contributed by atoms with E-state index in [0.717, 1.165) is 25.0 Å². The highest BCUT2D eigenvalue weighted by Crippen LogP contribution is 2.33. The molecule has 5 N–H and O–H groups in total. The van der Waals surface area contributed by atoms with Gasteiger partial charge in [-0.1, -0.05) is 6.42 Å². The van der Waals surface area contributed by atoms with Gasteiger partial charge in [-0.2, -0.15) is 11.8 Å². The Hall–Kier alpha value is -3.33. The van der Waals surface area contributed by atoms with Crippen molar-refractivity contribution in [2.75, 3.05) is 12.3 Å². The van der Waals surface area contributed by atoms with Gasteiger partial charge in [-0.3, -0.25) is 9.59 Å². The number of nitrogens with one attached hydrogen (secondary N) is 4. The van der Waals surface area contributed by atoms with Crippen LogP contribution in [-0.2, 0) is 9.59 Å². The Kier molecular flexibility index (Phi) is 9.72. The van der Waals surface area contributed by atoms with Crippen LogP contribution in [0.2, 0.25) is 0 Å². The van der Waals surface area contributed by atoms with Gasteiger partial charge < -0.3 is 26.4 Å². The number of hydrogen-bond donors (Lipinski definition) is 5. The summed E-state index contributed by atoms with van der Waals surface area (Å²) in [6.45, 7) is 0.450. The van der Waals surface area contributed by atoms with E-state index in [1.807, 2.05) is 11.8 Å². The normalized spacial score (nSPS) is 21.2. The van der Waals surface area contributed by atoms with Crippen molar-refractivity contribution in [3.8, 4) is 0 Å². The number of hydrogen-bond acceptors (Lipinski definition) is 6. The zero-order valence-electron chi connectivity index (χ0n) is 19.4. The first-order valence-corrected chi connectivity index (χ1v) is 12.9. The van der Waals surface area contributed by atoms with E-state index in [2.05, 4.69) is 26.2 Å². The number of carbonyl (C=O) groups is 4. The third-order valence-electron chi connectivity index (χ3n) is 6.17. The smallest absolute Gasteiger partial charge is 0.385 e. The first-order valence-electron chi connectivity index (χ1n) is 11.8. The highest BCUT2D eigenvalue weighted by Gasteiger charge is 2.42. The van der Waals surface area contributed by atoms with E-state index in [4.69, 9.17) is 5.39 Å². The number of unbranched alkanes of at least 4 members (excludes halogenated alkanes) is 2. The van der Waals surface area contributed by atoms with Crippen molar-refractivity contribution in [3.63, 3.8) is 0 Å². The first kappa shape index (κ1) is 26.3. The quantitative estimate of drug-likeness (QED) is 0.157. The maximum atomic E-state index is 12.3. The molecule has 2 aliphatic heterocycles. The summed E-state index contributed by atoms with van der Waals surface area (Å²) >= 11 is 1.86. The molecule has 2 fully saturated rings. The Bertz CT molecular complexity index is 966. The largest absolute Gasteiger partial charge is 0.480 e. The Balaban J connectivity index is 1.25. The van der Waals surface area contributed by atoms with Crippen LogP contribution in [0.3, 0.4) is 0 Å². The second-order valence-electron chi connectivity index (χ2n) is 8.72. The summed E-state index contributed by atoms with van der Waals surface area (Å²) in [6.07, 6.45) is 4.47. The lowest BCUT2D eigenvalue weighted by molar-refractivity contribution is -0.139. The van der Waals surface area contributed by atoms with Crippen LogP contribution in [0.5, 0.6) is 0 Å². The molecule has 0 bridgehead atoms. The maximum absolute atomic E-state index is 12.3. The third kappa shape index (κ3) is 7.85. The van der Waals surface area contributed by atoms with E-state index in [-0.39, 0.29) is 36.0 Å². The Labute approximate surface area is 207 Å². The lowest BCUT2D eigenvalue weighted by atomic mass is 10.0. The van der Waals surface area contributed by atoms with Crippen LogP contribution in [0.1, 0.15) is 55.3 Å². The van der Waals surface area contributed by atoms with Crippen LogP contribution in [0.15, 0.2) is 24.3 Å². The maximum Gasteiger partial charge on any atom is 0.385 e. The summed E-state index contributed by atoms with van der Waals surface area (Å²) in [5, 5.41) is 29.7. The molecule has 2 saturated heterocycles. The number of carbonyl (C=O) groups excluding carboxylic acids is 3. The molecule has 1 aromatic rings. The van der Waals surface area contributed by atoms with E-state index in [1.54, 1.807) is 0 Å². The molecule has 3 rings (SSSR count). The third-order valence-corrected chi connectivity index (χ3v) is 7.68. The average molecular weight is 504 g/mol. The van der Waals surface area contributed by atoms with Gasteiger partial charge in [-0.25, -0.2) is 9.59 Å². The summed E-state index contributed by atoms with van der Waals surface area (Å²) < 4.78 is 0. The molecule has 0 spiro atoms. The van der Waals surface area contributed by atoms with Gasteiger partial charge in [0.25, 0.3) is 5.91 Å². The molecule has 4 atom stereocenters. The van der Waals surface area contributed by atoms with Gasteiger partial charge >= 0.3 is 17.7 Å². The van der Waals surface area contributed by atoms with Crippen molar-refractivity contribution in [2.24, 2.45) is 0 Å². The molecule has 0 aliphatic carbocycles. The lowest BCUT2D eigenvalue weighted by Gasteiger charge is -2.16. The number of amides is 4. The van der Waals surface area contributed by atoms with Crippen LogP contribution in [0.4, 0.5) is 10.5 Å². The van der Waals surface area contributed by atoms with Gasteiger partial charge in [-0.05, 0) is 44.2 Å². The molecule has 2 heterocycles. The van der Waals surface area contributed by atoms with Gasteiger partial charge in [0.1, 0.15) is 6.04 Å². The van der Waals surface area contributed by atoms with Crippen molar-refractivity contribution in [1.29, 1.82) is 5.39 Å². The predicted octanol–water partition coefficient (Wildman–Crippen LogP) is 2.37. The molecule has 0 radical (unpaired) electrons. The molecule has 4 amide bonds. The summed E-state index contributed by atoms with van der Waals surface area (Å²) in [5.74, 6) is -0.744. The van der Waals surface area contributed by atoms with Crippen molar-refractivity contribution < 1.29 is 24.3 Å². The number of diazo groups is 1. The van der Waals surface area contributed by atoms with Crippen molar-refractivity contribution in [3.05, 3.63) is 34.8 Å². The summed E-state index contributed by atoms with van der Waals surface area (Å²) in [7, 11) is 0. The van der Waals surface area contributed by atoms with E-state index in [1.165, 1.54) is 24.3 Å². The summed E-state index contributed by atoms with van der Waals surface area (Å²) in [5.41, 5.74) is 0.563. The van der Waals surface area contributed by atoms with Crippen molar-refractivity contribution in [1.82, 2.24) is 21.3 Å². The fourth-order valence-corrected chi connectivity index (χ4v) is 5.79. The number of thioether (sulfide) groups is 1. The molecular formula is C23H31N6O5S+. The standard InChI is InChI=1S/C23H30N6O5S/c24-29-15-10-8-14(9-11-15)21(31)26-16(22(32)33)5-3-4-12-25-19(30)7-2-1-6-18-20-17(13-35-18)27-23(34)28-20/h8-11,16-18,20H,1-7,12-13H2,(H4-,25,26,27,28,30,31,32,33,34)/p+1/t16-,17-,18-,20-/m0/s1. The highest BCUT2D eigenvalue weighted by atomic mass is 32.2. The van der Waals surface area contributed by atoms with Crippen LogP contribution in [0, 0.1) is 5.39 Å². The Morgan fingerprint density at radius 3 is 2.63 bits per heavy atom. The first-order chi connectivity index (χ1) is 16.9. The predicted molar refractivity (Wildman–Crippen MR) is 131 cm³/mol. The van der Waals surface area contributed by atoms with Gasteiger partial charge in [0.15, 0.2) is 4.98 Å². The molecule has 35 heavy (non-hydrogen) atoms. The molecule has 1 aromatic carbocycles. The van der Waals surface area contributed by atoms with Gasteiger partial charge in [0.05, 0.1) is 12.1 Å². The minimum Gasteiger partial charge on any atom is -0.480 e. The van der Waals surface area contributed by atoms with Crippen LogP contribution in [-0.4, -0.2) is 64.6 Å². The van der Waals surface area contributed by atoms with E-state index in [9.17, 15) is 24.3 Å². The molecule has 0 saturated carbocycles. The zero-order valence-corrected chi connectivity index (χ0v) is 20.2. The van der Waals surface area contributed by atoms with Crippen LogP contribution in [0.25, 0.3) is 4.98 Å². The number of aliphatic carboxylic acids is 1. The second kappa shape index (κ2) is 12.9. The van der Waals surface area contributed by atoms with E-state index in [0.29, 0.717) is 36.7 Å². The minimum absolute atomic E-state index is 0.0288. The van der Waals surface area contributed by atoms with Gasteiger partial charge in [0.2, 0.25) is 11.3 Å². The molecule has 188 valence electrons. The second-order valence-corrected chi connectivity index (χ2v) is 10.00. The van der Waals surface area contributed by atoms with Crippen LogP contribution < -0.4 is 21.3 Å². The Morgan fingerprint density at radius 1 is 1.14 bits per heavy atom. The highest BCUT2D eigenvalue weighted by molar-refractivity contribution is 8.00. The fraction of sp³-hybridized carbons (Fsp3) is 0.565. The molecule has 0 aromatic heterocycles. The number of fused-ring (bicyclic) bond motifs is 1. The molecule has 0 unspecified atom stereocenters. The summed E-state index contributed by atoms with van der Waals surface area (Å²) in [6, 6.07) is 5.07. The topological polar surface area (TPSA) is 165 Å². The number of carboxylic acids is 1. The fourth-order valence-electron chi connectivity index (χ4n) is 4.24. The molecule has 11 nitrogen and oxygen atoms in total. The number of urea groups is 1. The molecule has 2 aliphatic rings. The van der Waals surface area contributed by atoms with Gasteiger partial charge in [0, 0.05) is 41.7 Å². The van der Waals surface area contributed by atoms with Crippen molar-refractivity contribution >= 4 is 41.3 Å². The van der Waals surface area contributed by atoms with E-state index < -0.39 is 17.9 Å².